The molecule has 0 bridgehead atoms. The van der Waals surface area contributed by atoms with Crippen LogP contribution in [0.4, 0.5) is 11.4 Å². The number of rotatable bonds is 8. The smallest absolute Gasteiger partial charge is 0.336 e. The lowest BCUT2D eigenvalue weighted by Crippen LogP contribution is -2.35. The Balaban J connectivity index is 2.34. The van der Waals surface area contributed by atoms with Crippen LogP contribution in [0, 0.1) is 20.2 Å². The highest BCUT2D eigenvalue weighted by atomic mass is 16.6. The molecule has 142 valence electrons. The number of carbonyl (C=O) groups is 1. The van der Waals surface area contributed by atoms with Gasteiger partial charge < -0.3 is 4.90 Å². The minimum Gasteiger partial charge on any atom is -0.336 e. The summed E-state index contributed by atoms with van der Waals surface area (Å²) in [6.45, 7) is 4.32. The van der Waals surface area contributed by atoms with Gasteiger partial charge in [-0.15, -0.1) is 0 Å². The van der Waals surface area contributed by atoms with E-state index in [2.05, 4.69) is 0 Å². The van der Waals surface area contributed by atoms with Gasteiger partial charge in [0.05, 0.1) is 22.3 Å². The van der Waals surface area contributed by atoms with E-state index < -0.39 is 21.2 Å². The molecule has 1 atom stereocenters. The number of hydrogen-bond acceptors (Lipinski definition) is 5. The van der Waals surface area contributed by atoms with Crippen molar-refractivity contribution in [3.8, 4) is 0 Å². The van der Waals surface area contributed by atoms with Gasteiger partial charge in [0.1, 0.15) is 0 Å². The van der Waals surface area contributed by atoms with Crippen LogP contribution in [-0.2, 0) is 11.2 Å². The third kappa shape index (κ3) is 4.66. The topological polar surface area (TPSA) is 107 Å². The van der Waals surface area contributed by atoms with Gasteiger partial charge in [-0.3, -0.25) is 25.0 Å². The third-order valence-corrected chi connectivity index (χ3v) is 4.35. The number of benzene rings is 2. The van der Waals surface area contributed by atoms with Crippen molar-refractivity contribution >= 4 is 17.3 Å². The zero-order chi connectivity index (χ0) is 20.0. The maximum Gasteiger partial charge on any atom is 0.349 e. The standard InChI is InChI=1S/C19H21N3O5/c1-3-12-20(14(2)15-8-5-4-6-9-15)18(23)13-16-10-7-11-17(21(24)25)19(16)22(26)27/h4-11,14H,3,12-13H2,1-2H3. The molecule has 8 heteroatoms. The van der Waals surface area contributed by atoms with Crippen molar-refractivity contribution in [2.24, 2.45) is 0 Å². The lowest BCUT2D eigenvalue weighted by molar-refractivity contribution is -0.422. The predicted octanol–water partition coefficient (Wildman–Crippen LogP) is 4.05. The zero-order valence-corrected chi connectivity index (χ0v) is 15.2. The molecule has 1 unspecified atom stereocenters. The summed E-state index contributed by atoms with van der Waals surface area (Å²) in [4.78, 5) is 35.4. The van der Waals surface area contributed by atoms with Gasteiger partial charge in [0.2, 0.25) is 5.91 Å². The fraction of sp³-hybridized carbons (Fsp3) is 0.316. The average Bonchev–Trinajstić information content (AvgIpc) is 2.65. The van der Waals surface area contributed by atoms with E-state index in [0.29, 0.717) is 6.54 Å². The Morgan fingerprint density at radius 1 is 1.04 bits per heavy atom. The van der Waals surface area contributed by atoms with Gasteiger partial charge in [-0.05, 0) is 18.9 Å². The van der Waals surface area contributed by atoms with Gasteiger partial charge in [0.15, 0.2) is 0 Å². The van der Waals surface area contributed by atoms with Crippen LogP contribution < -0.4 is 0 Å². The van der Waals surface area contributed by atoms with Crippen LogP contribution in [0.3, 0.4) is 0 Å². The zero-order valence-electron chi connectivity index (χ0n) is 15.2. The maximum absolute atomic E-state index is 12.9. The van der Waals surface area contributed by atoms with Crippen molar-refractivity contribution < 1.29 is 14.6 Å². The number of nitro groups is 2. The molecule has 0 aliphatic heterocycles. The third-order valence-electron chi connectivity index (χ3n) is 4.35. The van der Waals surface area contributed by atoms with Gasteiger partial charge in [-0.25, -0.2) is 0 Å². The van der Waals surface area contributed by atoms with Crippen LogP contribution >= 0.6 is 0 Å². The molecule has 0 aliphatic carbocycles. The first-order valence-corrected chi connectivity index (χ1v) is 8.61. The number of nitro benzene ring substituents is 2. The minimum absolute atomic E-state index is 0.0422. The summed E-state index contributed by atoms with van der Waals surface area (Å²) >= 11 is 0. The molecule has 0 radical (unpaired) electrons. The second kappa shape index (κ2) is 8.88. The molecular weight excluding hydrogens is 350 g/mol. The van der Waals surface area contributed by atoms with E-state index in [4.69, 9.17) is 0 Å². The molecule has 2 aromatic carbocycles. The van der Waals surface area contributed by atoms with E-state index in [1.54, 1.807) is 4.90 Å². The Kier molecular flexibility index (Phi) is 6.59. The van der Waals surface area contributed by atoms with E-state index >= 15 is 0 Å². The molecule has 0 aliphatic rings. The summed E-state index contributed by atoms with van der Waals surface area (Å²) in [7, 11) is 0. The summed E-state index contributed by atoms with van der Waals surface area (Å²) in [5, 5.41) is 22.5. The number of para-hydroxylation sites is 1. The number of hydrogen-bond donors (Lipinski definition) is 0. The van der Waals surface area contributed by atoms with Gasteiger partial charge in [-0.2, -0.15) is 0 Å². The molecule has 0 heterocycles. The van der Waals surface area contributed by atoms with Crippen molar-refractivity contribution in [2.45, 2.75) is 32.7 Å². The highest BCUT2D eigenvalue weighted by Crippen LogP contribution is 2.31. The second-order valence-corrected chi connectivity index (χ2v) is 6.15. The maximum atomic E-state index is 12.9. The summed E-state index contributed by atoms with van der Waals surface area (Å²) in [6, 6.07) is 13.1. The second-order valence-electron chi connectivity index (χ2n) is 6.15. The SMILES string of the molecule is CCCN(C(=O)Cc1cccc([N+](=O)[O-])c1[N+](=O)[O-])C(C)c1ccccc1. The molecule has 2 rings (SSSR count). The Hall–Kier alpha value is -3.29. The molecule has 0 aromatic heterocycles. The summed E-state index contributed by atoms with van der Waals surface area (Å²) in [5.74, 6) is -0.309. The Morgan fingerprint density at radius 2 is 1.70 bits per heavy atom. The van der Waals surface area contributed by atoms with Crippen LogP contribution in [0.15, 0.2) is 48.5 Å². The highest BCUT2D eigenvalue weighted by Gasteiger charge is 2.30. The van der Waals surface area contributed by atoms with Crippen LogP contribution in [0.25, 0.3) is 0 Å². The Bertz CT molecular complexity index is 838. The van der Waals surface area contributed by atoms with E-state index in [9.17, 15) is 25.0 Å². The highest BCUT2D eigenvalue weighted by molar-refractivity contribution is 5.81. The van der Waals surface area contributed by atoms with Crippen molar-refractivity contribution in [1.29, 1.82) is 0 Å². The fourth-order valence-electron chi connectivity index (χ4n) is 3.03. The lowest BCUT2D eigenvalue weighted by Gasteiger charge is -2.29. The van der Waals surface area contributed by atoms with Crippen molar-refractivity contribution in [1.82, 2.24) is 4.90 Å². The van der Waals surface area contributed by atoms with E-state index in [1.807, 2.05) is 44.2 Å². The lowest BCUT2D eigenvalue weighted by atomic mass is 10.0. The van der Waals surface area contributed by atoms with Gasteiger partial charge >= 0.3 is 11.4 Å². The Morgan fingerprint density at radius 3 is 2.26 bits per heavy atom. The summed E-state index contributed by atoms with van der Waals surface area (Å²) in [6.07, 6.45) is 0.453. The van der Waals surface area contributed by atoms with Crippen molar-refractivity contribution in [3.05, 3.63) is 79.9 Å². The summed E-state index contributed by atoms with van der Waals surface area (Å²) in [5.41, 5.74) is -0.239. The number of amides is 1. The molecule has 0 saturated heterocycles. The molecule has 27 heavy (non-hydrogen) atoms. The minimum atomic E-state index is -0.803. The fourth-order valence-corrected chi connectivity index (χ4v) is 3.03. The van der Waals surface area contributed by atoms with Crippen molar-refractivity contribution in [2.75, 3.05) is 6.54 Å². The summed E-state index contributed by atoms with van der Waals surface area (Å²) < 4.78 is 0. The van der Waals surface area contributed by atoms with E-state index in [-0.39, 0.29) is 23.9 Å². The average molecular weight is 371 g/mol. The van der Waals surface area contributed by atoms with E-state index in [0.717, 1.165) is 18.1 Å². The molecule has 2 aromatic rings. The molecule has 0 saturated carbocycles. The largest absolute Gasteiger partial charge is 0.349 e. The number of nitrogens with zero attached hydrogens (tertiary/aromatic N) is 3. The first-order valence-electron chi connectivity index (χ1n) is 8.61. The van der Waals surface area contributed by atoms with Gasteiger partial charge in [0.25, 0.3) is 0 Å². The predicted molar refractivity (Wildman–Crippen MR) is 100 cm³/mol. The molecular formula is C19H21N3O5. The molecule has 1 amide bonds. The molecule has 0 N–H and O–H groups in total. The van der Waals surface area contributed by atoms with Crippen LogP contribution in [0.2, 0.25) is 0 Å². The van der Waals surface area contributed by atoms with Crippen LogP contribution in [0.5, 0.6) is 0 Å². The van der Waals surface area contributed by atoms with Crippen LogP contribution in [-0.4, -0.2) is 27.2 Å². The first kappa shape index (κ1) is 20.0. The molecule has 0 spiro atoms. The van der Waals surface area contributed by atoms with Crippen molar-refractivity contribution in [3.63, 3.8) is 0 Å². The van der Waals surface area contributed by atoms with Gasteiger partial charge in [0, 0.05) is 18.2 Å². The normalized spacial score (nSPS) is 11.6. The van der Waals surface area contributed by atoms with Gasteiger partial charge in [-0.1, -0.05) is 49.4 Å². The van der Waals surface area contributed by atoms with Crippen LogP contribution in [0.1, 0.15) is 37.4 Å². The molecule has 8 nitrogen and oxygen atoms in total. The number of carbonyl (C=O) groups excluding carboxylic acids is 1. The first-order chi connectivity index (χ1) is 12.9. The monoisotopic (exact) mass is 371 g/mol. The molecule has 0 fully saturated rings. The quantitative estimate of drug-likeness (QED) is 0.514. The van der Waals surface area contributed by atoms with E-state index in [1.165, 1.54) is 12.1 Å². The Labute approximate surface area is 156 Å².